The van der Waals surface area contributed by atoms with Crippen molar-refractivity contribution in [2.45, 2.75) is 25.9 Å². The molecule has 6 heteroatoms. The molecule has 1 rings (SSSR count). The zero-order valence-electron chi connectivity index (χ0n) is 10.4. The third-order valence-electron chi connectivity index (χ3n) is 2.45. The van der Waals surface area contributed by atoms with Crippen LogP contribution in [0, 0.1) is 0 Å². The minimum Gasteiger partial charge on any atom is -0.351 e. The average Bonchev–Trinajstić information content (AvgIpc) is 2.28. The van der Waals surface area contributed by atoms with Crippen LogP contribution in [0.4, 0.5) is 10.5 Å². The first-order valence-corrected chi connectivity index (χ1v) is 5.62. The molecule has 0 aliphatic carbocycles. The lowest BCUT2D eigenvalue weighted by molar-refractivity contribution is -0.122. The van der Waals surface area contributed by atoms with Crippen LogP contribution in [0.1, 0.15) is 25.5 Å². The van der Waals surface area contributed by atoms with Gasteiger partial charge in [-0.1, -0.05) is 12.1 Å². The van der Waals surface area contributed by atoms with Crippen LogP contribution in [0.3, 0.4) is 0 Å². The van der Waals surface area contributed by atoms with Gasteiger partial charge in [-0.2, -0.15) is 0 Å². The molecule has 3 amide bonds. The van der Waals surface area contributed by atoms with Gasteiger partial charge in [-0.15, -0.1) is 0 Å². The Morgan fingerprint density at radius 1 is 1.17 bits per heavy atom. The number of nitrogens with one attached hydrogen (secondary N) is 2. The molecule has 98 valence electrons. The minimum absolute atomic E-state index is 0.147. The smallest absolute Gasteiger partial charge is 0.316 e. The summed E-state index contributed by atoms with van der Waals surface area (Å²) in [6.07, 6.45) is 0. The number of primary amides is 1. The second kappa shape index (κ2) is 6.02. The van der Waals surface area contributed by atoms with E-state index in [0.717, 1.165) is 5.56 Å². The van der Waals surface area contributed by atoms with Crippen LogP contribution in [-0.4, -0.2) is 18.0 Å². The summed E-state index contributed by atoms with van der Waals surface area (Å²) >= 11 is 0. The zero-order valence-corrected chi connectivity index (χ0v) is 10.4. The van der Waals surface area contributed by atoms with Crippen LogP contribution >= 0.6 is 0 Å². The molecule has 0 aromatic heterocycles. The summed E-state index contributed by atoms with van der Waals surface area (Å²) < 4.78 is 0. The van der Waals surface area contributed by atoms with Crippen molar-refractivity contribution in [2.24, 2.45) is 11.5 Å². The van der Waals surface area contributed by atoms with E-state index < -0.39 is 12.1 Å². The topological polar surface area (TPSA) is 110 Å². The molecular formula is C12H18N4O2. The Morgan fingerprint density at radius 2 is 1.72 bits per heavy atom. The van der Waals surface area contributed by atoms with Crippen molar-refractivity contribution < 1.29 is 9.59 Å². The Morgan fingerprint density at radius 3 is 2.17 bits per heavy atom. The van der Waals surface area contributed by atoms with E-state index in [9.17, 15) is 9.59 Å². The summed E-state index contributed by atoms with van der Waals surface area (Å²) in [5, 5.41) is 5.24. The quantitative estimate of drug-likeness (QED) is 0.631. The van der Waals surface area contributed by atoms with E-state index in [2.05, 4.69) is 10.6 Å². The number of benzene rings is 1. The van der Waals surface area contributed by atoms with Gasteiger partial charge in [-0.25, -0.2) is 4.79 Å². The molecule has 1 aromatic rings. The van der Waals surface area contributed by atoms with Crippen LogP contribution in [0.5, 0.6) is 0 Å². The van der Waals surface area contributed by atoms with Gasteiger partial charge in [-0.3, -0.25) is 4.79 Å². The van der Waals surface area contributed by atoms with Crippen molar-refractivity contribution in [3.63, 3.8) is 0 Å². The first-order valence-electron chi connectivity index (χ1n) is 5.62. The number of nitrogens with two attached hydrogens (primary N) is 2. The third kappa shape index (κ3) is 4.06. The van der Waals surface area contributed by atoms with Crippen molar-refractivity contribution in [3.8, 4) is 0 Å². The van der Waals surface area contributed by atoms with Gasteiger partial charge in [0.05, 0.1) is 12.1 Å². The number of urea groups is 1. The fourth-order valence-corrected chi connectivity index (χ4v) is 1.43. The maximum absolute atomic E-state index is 11.4. The Hall–Kier alpha value is -2.08. The Labute approximate surface area is 106 Å². The standard InChI is InChI=1S/C12H18N4O2/c1-7(13)11(17)15-8(2)9-3-5-10(6-4-9)16-12(14)18/h3-8H,13H2,1-2H3,(H,15,17)(H3,14,16,18)/t7-,8?/m1/s1. The van der Waals surface area contributed by atoms with E-state index in [1.54, 1.807) is 31.2 Å². The van der Waals surface area contributed by atoms with E-state index in [0.29, 0.717) is 5.69 Å². The number of anilines is 1. The Kier molecular flexibility index (Phi) is 4.67. The lowest BCUT2D eigenvalue weighted by Crippen LogP contribution is -2.39. The second-order valence-electron chi connectivity index (χ2n) is 4.13. The van der Waals surface area contributed by atoms with Crippen LogP contribution in [0.2, 0.25) is 0 Å². The van der Waals surface area contributed by atoms with Crippen LogP contribution in [0.25, 0.3) is 0 Å². The van der Waals surface area contributed by atoms with Crippen molar-refractivity contribution >= 4 is 17.6 Å². The molecule has 0 aliphatic rings. The normalized spacial score (nSPS) is 13.5. The number of carbonyl (C=O) groups is 2. The highest BCUT2D eigenvalue weighted by Crippen LogP contribution is 2.15. The van der Waals surface area contributed by atoms with Crippen molar-refractivity contribution in [1.29, 1.82) is 0 Å². The second-order valence-corrected chi connectivity index (χ2v) is 4.13. The predicted octanol–water partition coefficient (Wildman–Crippen LogP) is 0.702. The predicted molar refractivity (Wildman–Crippen MR) is 69.9 cm³/mol. The fourth-order valence-electron chi connectivity index (χ4n) is 1.43. The number of amides is 3. The Balaban J connectivity index is 2.67. The van der Waals surface area contributed by atoms with E-state index in [-0.39, 0.29) is 11.9 Å². The molecule has 1 unspecified atom stereocenters. The zero-order chi connectivity index (χ0) is 13.7. The molecule has 6 N–H and O–H groups in total. The molecule has 0 fully saturated rings. The highest BCUT2D eigenvalue weighted by Gasteiger charge is 2.12. The molecule has 0 aliphatic heterocycles. The van der Waals surface area contributed by atoms with Gasteiger partial charge >= 0.3 is 6.03 Å². The summed E-state index contributed by atoms with van der Waals surface area (Å²) in [7, 11) is 0. The summed E-state index contributed by atoms with van der Waals surface area (Å²) in [6.45, 7) is 3.48. The van der Waals surface area contributed by atoms with Gasteiger partial charge in [0.2, 0.25) is 5.91 Å². The first kappa shape index (κ1) is 14.0. The van der Waals surface area contributed by atoms with Gasteiger partial charge in [0.1, 0.15) is 0 Å². The molecule has 0 radical (unpaired) electrons. The molecule has 18 heavy (non-hydrogen) atoms. The van der Waals surface area contributed by atoms with Crippen molar-refractivity contribution in [3.05, 3.63) is 29.8 Å². The van der Waals surface area contributed by atoms with Gasteiger partial charge in [-0.05, 0) is 31.5 Å². The van der Waals surface area contributed by atoms with Crippen molar-refractivity contribution in [2.75, 3.05) is 5.32 Å². The Bertz CT molecular complexity index is 428. The van der Waals surface area contributed by atoms with Crippen LogP contribution < -0.4 is 22.1 Å². The average molecular weight is 250 g/mol. The van der Waals surface area contributed by atoms with Crippen LogP contribution in [0.15, 0.2) is 24.3 Å². The largest absolute Gasteiger partial charge is 0.351 e. The molecule has 2 atom stereocenters. The number of hydrogen-bond donors (Lipinski definition) is 4. The third-order valence-corrected chi connectivity index (χ3v) is 2.45. The summed E-state index contributed by atoms with van der Waals surface area (Å²) in [5.74, 6) is -0.207. The van der Waals surface area contributed by atoms with E-state index in [4.69, 9.17) is 11.5 Å². The van der Waals surface area contributed by atoms with Crippen LogP contribution in [-0.2, 0) is 4.79 Å². The highest BCUT2D eigenvalue weighted by molar-refractivity contribution is 5.87. The van der Waals surface area contributed by atoms with Gasteiger partial charge in [0.15, 0.2) is 0 Å². The number of carbonyl (C=O) groups excluding carboxylic acids is 2. The minimum atomic E-state index is -0.610. The molecular weight excluding hydrogens is 232 g/mol. The molecule has 0 heterocycles. The maximum atomic E-state index is 11.4. The molecule has 0 bridgehead atoms. The monoisotopic (exact) mass is 250 g/mol. The summed E-state index contributed by atoms with van der Waals surface area (Å²) in [4.78, 5) is 22.1. The molecule has 0 spiro atoms. The highest BCUT2D eigenvalue weighted by atomic mass is 16.2. The fraction of sp³-hybridized carbons (Fsp3) is 0.333. The first-order chi connectivity index (χ1) is 8.40. The van der Waals surface area contributed by atoms with Gasteiger partial charge < -0.3 is 22.1 Å². The molecule has 1 aromatic carbocycles. The van der Waals surface area contributed by atoms with E-state index in [1.807, 2.05) is 6.92 Å². The molecule has 0 saturated heterocycles. The van der Waals surface area contributed by atoms with Gasteiger partial charge in [0.25, 0.3) is 0 Å². The van der Waals surface area contributed by atoms with E-state index in [1.165, 1.54) is 0 Å². The molecule has 0 saturated carbocycles. The van der Waals surface area contributed by atoms with E-state index >= 15 is 0 Å². The lowest BCUT2D eigenvalue weighted by Gasteiger charge is -2.16. The van der Waals surface area contributed by atoms with Gasteiger partial charge in [0, 0.05) is 5.69 Å². The number of hydrogen-bond acceptors (Lipinski definition) is 3. The van der Waals surface area contributed by atoms with Crippen molar-refractivity contribution in [1.82, 2.24) is 5.32 Å². The summed E-state index contributed by atoms with van der Waals surface area (Å²) in [5.41, 5.74) is 12.0. The maximum Gasteiger partial charge on any atom is 0.316 e. The molecule has 6 nitrogen and oxygen atoms in total. The summed E-state index contributed by atoms with van der Waals surface area (Å²) in [6, 6.07) is 5.74. The SMILES string of the molecule is CC(NC(=O)[C@@H](C)N)c1ccc(NC(N)=O)cc1. The number of rotatable bonds is 4. The lowest BCUT2D eigenvalue weighted by atomic mass is 10.1.